The van der Waals surface area contributed by atoms with Crippen molar-refractivity contribution in [3.05, 3.63) is 23.2 Å². The number of halogens is 2. The molecule has 0 radical (unpaired) electrons. The standard InChI is InChI=1S/C13H16ClN3.ClH/c1-9-4-6-17(7-5-9)13-15-11-3-2-10(14)8-12(11)16-13;/h2-3,8-9H,4-7H2,1H3,(H,15,16);1H. The summed E-state index contributed by atoms with van der Waals surface area (Å²) in [7, 11) is 0. The highest BCUT2D eigenvalue weighted by Crippen LogP contribution is 2.24. The van der Waals surface area contributed by atoms with Gasteiger partial charge in [-0.15, -0.1) is 12.4 Å². The number of aromatic amines is 1. The summed E-state index contributed by atoms with van der Waals surface area (Å²) in [4.78, 5) is 10.3. The molecule has 3 rings (SSSR count). The SMILES string of the molecule is CC1CCN(c2nc3ccc(Cl)cc3[nH]2)CC1.Cl. The number of fused-ring (bicyclic) bond motifs is 1. The van der Waals surface area contributed by atoms with E-state index in [9.17, 15) is 0 Å². The zero-order valence-electron chi connectivity index (χ0n) is 10.3. The van der Waals surface area contributed by atoms with Gasteiger partial charge in [-0.3, -0.25) is 0 Å². The van der Waals surface area contributed by atoms with E-state index in [-0.39, 0.29) is 12.4 Å². The summed E-state index contributed by atoms with van der Waals surface area (Å²) < 4.78 is 0. The highest BCUT2D eigenvalue weighted by atomic mass is 35.5. The Morgan fingerprint density at radius 2 is 2.06 bits per heavy atom. The smallest absolute Gasteiger partial charge is 0.203 e. The zero-order valence-corrected chi connectivity index (χ0v) is 11.9. The minimum absolute atomic E-state index is 0. The maximum Gasteiger partial charge on any atom is 0.203 e. The predicted octanol–water partition coefficient (Wildman–Crippen LogP) is 3.87. The summed E-state index contributed by atoms with van der Waals surface area (Å²) >= 11 is 5.97. The van der Waals surface area contributed by atoms with Crippen LogP contribution in [0, 0.1) is 5.92 Å². The van der Waals surface area contributed by atoms with Crippen LogP contribution >= 0.6 is 24.0 Å². The number of nitrogens with zero attached hydrogens (tertiary/aromatic N) is 2. The van der Waals surface area contributed by atoms with Crippen LogP contribution in [0.25, 0.3) is 11.0 Å². The summed E-state index contributed by atoms with van der Waals surface area (Å²) in [5.74, 6) is 1.82. The Morgan fingerprint density at radius 1 is 1.33 bits per heavy atom. The van der Waals surface area contributed by atoms with Gasteiger partial charge in [-0.05, 0) is 37.0 Å². The van der Waals surface area contributed by atoms with E-state index in [0.717, 1.165) is 41.0 Å². The summed E-state index contributed by atoms with van der Waals surface area (Å²) in [5.41, 5.74) is 2.01. The van der Waals surface area contributed by atoms with Gasteiger partial charge in [0.15, 0.2) is 0 Å². The molecule has 1 N–H and O–H groups in total. The first kappa shape index (κ1) is 13.5. The number of H-pyrrole nitrogens is 1. The molecular formula is C13H17Cl2N3. The highest BCUT2D eigenvalue weighted by Gasteiger charge is 2.18. The van der Waals surface area contributed by atoms with Crippen molar-refractivity contribution in [3.8, 4) is 0 Å². The first-order valence-electron chi connectivity index (χ1n) is 6.12. The van der Waals surface area contributed by atoms with Gasteiger partial charge in [-0.2, -0.15) is 0 Å². The average molecular weight is 286 g/mol. The normalized spacial score (nSPS) is 16.9. The minimum Gasteiger partial charge on any atom is -0.342 e. The number of nitrogens with one attached hydrogen (secondary N) is 1. The van der Waals surface area contributed by atoms with E-state index >= 15 is 0 Å². The molecule has 1 fully saturated rings. The molecule has 0 bridgehead atoms. The topological polar surface area (TPSA) is 31.9 Å². The average Bonchev–Trinajstić information content (AvgIpc) is 2.72. The van der Waals surface area contributed by atoms with Gasteiger partial charge in [0, 0.05) is 18.1 Å². The third-order valence-electron chi connectivity index (χ3n) is 3.51. The lowest BCUT2D eigenvalue weighted by atomic mass is 10.00. The number of rotatable bonds is 1. The van der Waals surface area contributed by atoms with E-state index < -0.39 is 0 Å². The molecule has 98 valence electrons. The fourth-order valence-electron chi connectivity index (χ4n) is 2.34. The minimum atomic E-state index is 0. The molecule has 1 saturated heterocycles. The molecule has 2 heterocycles. The second kappa shape index (κ2) is 5.37. The molecule has 5 heteroatoms. The summed E-state index contributed by atoms with van der Waals surface area (Å²) in [6, 6.07) is 5.77. The van der Waals surface area contributed by atoms with Crippen LogP contribution in [0.3, 0.4) is 0 Å². The number of piperidine rings is 1. The van der Waals surface area contributed by atoms with E-state index in [1.165, 1.54) is 12.8 Å². The molecule has 0 spiro atoms. The van der Waals surface area contributed by atoms with Gasteiger partial charge in [0.1, 0.15) is 0 Å². The Labute approximate surface area is 118 Å². The zero-order chi connectivity index (χ0) is 11.8. The molecule has 2 aromatic rings. The Morgan fingerprint density at radius 3 is 2.78 bits per heavy atom. The molecule has 0 aliphatic carbocycles. The van der Waals surface area contributed by atoms with Gasteiger partial charge >= 0.3 is 0 Å². The fourth-order valence-corrected chi connectivity index (χ4v) is 2.51. The van der Waals surface area contributed by atoms with Crippen LogP contribution in [0.15, 0.2) is 18.2 Å². The molecule has 1 aromatic carbocycles. The molecule has 1 aliphatic heterocycles. The van der Waals surface area contributed by atoms with Crippen molar-refractivity contribution in [3.63, 3.8) is 0 Å². The summed E-state index contributed by atoms with van der Waals surface area (Å²) in [6.45, 7) is 4.50. The van der Waals surface area contributed by atoms with Crippen LogP contribution in [0.5, 0.6) is 0 Å². The van der Waals surface area contributed by atoms with Gasteiger partial charge in [-0.1, -0.05) is 18.5 Å². The van der Waals surface area contributed by atoms with E-state index in [1.54, 1.807) is 0 Å². The quantitative estimate of drug-likeness (QED) is 0.862. The van der Waals surface area contributed by atoms with Gasteiger partial charge < -0.3 is 9.88 Å². The molecule has 18 heavy (non-hydrogen) atoms. The van der Waals surface area contributed by atoms with Crippen molar-refractivity contribution in [2.24, 2.45) is 5.92 Å². The number of imidazole rings is 1. The Balaban J connectivity index is 0.00000120. The van der Waals surface area contributed by atoms with Crippen LogP contribution in [0.4, 0.5) is 5.95 Å². The van der Waals surface area contributed by atoms with Crippen molar-refractivity contribution < 1.29 is 0 Å². The lowest BCUT2D eigenvalue weighted by molar-refractivity contribution is 0.435. The van der Waals surface area contributed by atoms with Crippen LogP contribution < -0.4 is 4.90 Å². The summed E-state index contributed by atoms with van der Waals surface area (Å²) in [6.07, 6.45) is 2.50. The first-order valence-corrected chi connectivity index (χ1v) is 6.50. The maximum atomic E-state index is 5.97. The number of benzene rings is 1. The third-order valence-corrected chi connectivity index (χ3v) is 3.75. The van der Waals surface area contributed by atoms with Crippen LogP contribution in [0.1, 0.15) is 19.8 Å². The van der Waals surface area contributed by atoms with Crippen molar-refractivity contribution >= 4 is 41.0 Å². The van der Waals surface area contributed by atoms with E-state index in [4.69, 9.17) is 11.6 Å². The van der Waals surface area contributed by atoms with E-state index in [1.807, 2.05) is 18.2 Å². The van der Waals surface area contributed by atoms with E-state index in [2.05, 4.69) is 21.8 Å². The first-order chi connectivity index (χ1) is 8.22. The van der Waals surface area contributed by atoms with Crippen LogP contribution in [0.2, 0.25) is 5.02 Å². The van der Waals surface area contributed by atoms with Gasteiger partial charge in [0.2, 0.25) is 5.95 Å². The van der Waals surface area contributed by atoms with E-state index in [0.29, 0.717) is 0 Å². The van der Waals surface area contributed by atoms with Crippen LogP contribution in [-0.2, 0) is 0 Å². The number of anilines is 1. The van der Waals surface area contributed by atoms with Gasteiger partial charge in [0.05, 0.1) is 11.0 Å². The third kappa shape index (κ3) is 2.57. The highest BCUT2D eigenvalue weighted by molar-refractivity contribution is 6.31. The van der Waals surface area contributed by atoms with Gasteiger partial charge in [0.25, 0.3) is 0 Å². The maximum absolute atomic E-state index is 5.97. The second-order valence-corrected chi connectivity index (χ2v) is 5.33. The molecule has 0 saturated carbocycles. The lowest BCUT2D eigenvalue weighted by Crippen LogP contribution is -2.33. The van der Waals surface area contributed by atoms with Crippen molar-refractivity contribution in [1.82, 2.24) is 9.97 Å². The van der Waals surface area contributed by atoms with Crippen LogP contribution in [-0.4, -0.2) is 23.1 Å². The monoisotopic (exact) mass is 285 g/mol. The Bertz CT molecular complexity index is 530. The fraction of sp³-hybridized carbons (Fsp3) is 0.462. The molecule has 0 amide bonds. The lowest BCUT2D eigenvalue weighted by Gasteiger charge is -2.29. The summed E-state index contributed by atoms with van der Waals surface area (Å²) in [5, 5.41) is 0.750. The molecule has 3 nitrogen and oxygen atoms in total. The Kier molecular flexibility index (Phi) is 4.03. The molecule has 1 aromatic heterocycles. The molecule has 0 unspecified atom stereocenters. The molecule has 0 atom stereocenters. The number of aromatic nitrogens is 2. The second-order valence-electron chi connectivity index (χ2n) is 4.89. The van der Waals surface area contributed by atoms with Crippen molar-refractivity contribution in [2.45, 2.75) is 19.8 Å². The van der Waals surface area contributed by atoms with Crippen molar-refractivity contribution in [1.29, 1.82) is 0 Å². The predicted molar refractivity (Wildman–Crippen MR) is 79.0 cm³/mol. The number of hydrogen-bond donors (Lipinski definition) is 1. The van der Waals surface area contributed by atoms with Gasteiger partial charge in [-0.25, -0.2) is 4.98 Å². The van der Waals surface area contributed by atoms with Crippen molar-refractivity contribution in [2.75, 3.05) is 18.0 Å². The molecule has 1 aliphatic rings. The Hall–Kier alpha value is -0.930. The molecular weight excluding hydrogens is 269 g/mol. The number of hydrogen-bond acceptors (Lipinski definition) is 2. The largest absolute Gasteiger partial charge is 0.342 e.